The highest BCUT2D eigenvalue weighted by atomic mass is 16.5. The molecule has 0 saturated carbocycles. The third kappa shape index (κ3) is 5.38. The van der Waals surface area contributed by atoms with Gasteiger partial charge in [0, 0.05) is 20.1 Å². The molecule has 0 saturated heterocycles. The molecule has 26 heavy (non-hydrogen) atoms. The molecule has 0 aliphatic heterocycles. The lowest BCUT2D eigenvalue weighted by molar-refractivity contribution is -0.130. The maximum absolute atomic E-state index is 12.3. The Morgan fingerprint density at radius 3 is 2.62 bits per heavy atom. The molecule has 8 heteroatoms. The van der Waals surface area contributed by atoms with Crippen LogP contribution in [0.3, 0.4) is 0 Å². The fraction of sp³-hybridized carbons (Fsp3) is 0.444. The molecule has 1 aromatic heterocycles. The fourth-order valence-corrected chi connectivity index (χ4v) is 2.37. The molecule has 1 N–H and O–H groups in total. The summed E-state index contributed by atoms with van der Waals surface area (Å²) in [6.45, 7) is 4.50. The van der Waals surface area contributed by atoms with Gasteiger partial charge in [0.2, 0.25) is 11.8 Å². The summed E-state index contributed by atoms with van der Waals surface area (Å²) in [6.07, 6.45) is 0.575. The van der Waals surface area contributed by atoms with E-state index in [4.69, 9.17) is 14.4 Å². The first-order valence-electron chi connectivity index (χ1n) is 8.41. The second-order valence-electron chi connectivity index (χ2n) is 5.90. The van der Waals surface area contributed by atoms with Gasteiger partial charge in [0.05, 0.1) is 12.1 Å². The number of benzene rings is 1. The minimum atomic E-state index is -0.968. The third-order valence-electron chi connectivity index (χ3n) is 3.89. The van der Waals surface area contributed by atoms with Crippen molar-refractivity contribution in [1.29, 1.82) is 0 Å². The van der Waals surface area contributed by atoms with Crippen molar-refractivity contribution >= 4 is 11.9 Å². The number of carboxylic acid groups (broad SMARTS) is 1. The van der Waals surface area contributed by atoms with Gasteiger partial charge >= 0.3 is 5.97 Å². The van der Waals surface area contributed by atoms with Crippen LogP contribution in [0.2, 0.25) is 0 Å². The van der Waals surface area contributed by atoms with Crippen molar-refractivity contribution in [3.8, 4) is 0 Å². The third-order valence-corrected chi connectivity index (χ3v) is 3.89. The highest BCUT2D eigenvalue weighted by Crippen LogP contribution is 2.14. The highest BCUT2D eigenvalue weighted by molar-refractivity contribution is 5.87. The van der Waals surface area contributed by atoms with Crippen LogP contribution in [-0.2, 0) is 22.5 Å². The minimum absolute atomic E-state index is 0.0649. The summed E-state index contributed by atoms with van der Waals surface area (Å²) < 4.78 is 10.6. The van der Waals surface area contributed by atoms with Crippen LogP contribution in [0, 0.1) is 0 Å². The molecule has 1 amide bonds. The van der Waals surface area contributed by atoms with E-state index in [1.165, 1.54) is 17.0 Å². The summed E-state index contributed by atoms with van der Waals surface area (Å²) in [4.78, 5) is 28.9. The van der Waals surface area contributed by atoms with Crippen LogP contribution in [0.1, 0.15) is 54.0 Å². The van der Waals surface area contributed by atoms with Gasteiger partial charge < -0.3 is 19.3 Å². The van der Waals surface area contributed by atoms with Crippen molar-refractivity contribution in [3.05, 3.63) is 47.1 Å². The number of carbonyl (C=O) groups is 2. The number of ether oxygens (including phenoxy) is 1. The van der Waals surface area contributed by atoms with Crippen molar-refractivity contribution in [2.24, 2.45) is 0 Å². The molecule has 0 bridgehead atoms. The summed E-state index contributed by atoms with van der Waals surface area (Å²) in [5, 5.41) is 12.8. The zero-order valence-corrected chi connectivity index (χ0v) is 15.1. The van der Waals surface area contributed by atoms with Gasteiger partial charge in [0.15, 0.2) is 5.82 Å². The number of hydrogen-bond acceptors (Lipinski definition) is 6. The summed E-state index contributed by atoms with van der Waals surface area (Å²) in [5.41, 5.74) is 1.13. The first-order valence-corrected chi connectivity index (χ1v) is 8.41. The molecule has 0 spiro atoms. The van der Waals surface area contributed by atoms with E-state index in [1.54, 1.807) is 19.2 Å². The lowest BCUT2D eigenvalue weighted by atomic mass is 10.1. The number of nitrogens with zero attached hydrogens (tertiary/aromatic N) is 3. The van der Waals surface area contributed by atoms with Crippen LogP contribution in [0.5, 0.6) is 0 Å². The minimum Gasteiger partial charge on any atom is -0.478 e. The molecule has 0 fully saturated rings. The first kappa shape index (κ1) is 19.6. The maximum Gasteiger partial charge on any atom is 0.335 e. The Morgan fingerprint density at radius 2 is 2.00 bits per heavy atom. The Hall–Kier alpha value is -2.74. The van der Waals surface area contributed by atoms with E-state index in [0.717, 1.165) is 5.56 Å². The van der Waals surface area contributed by atoms with Crippen LogP contribution in [0.4, 0.5) is 0 Å². The average Bonchev–Trinajstić information content (AvgIpc) is 3.08. The van der Waals surface area contributed by atoms with Gasteiger partial charge in [-0.25, -0.2) is 4.79 Å². The van der Waals surface area contributed by atoms with Gasteiger partial charge in [-0.1, -0.05) is 17.3 Å². The quantitative estimate of drug-likeness (QED) is 0.731. The zero-order chi connectivity index (χ0) is 19.1. The smallest absolute Gasteiger partial charge is 0.335 e. The first-order chi connectivity index (χ1) is 12.4. The Morgan fingerprint density at radius 1 is 1.31 bits per heavy atom. The molecule has 2 aromatic rings. The standard InChI is InChI=1S/C18H23N3O5/c1-4-25-12(2)17-19-15(26-20-17)11-21(3)16(22)10-7-13-5-8-14(9-6-13)18(23)24/h5-6,8-9,12H,4,7,10-11H2,1-3H3,(H,23,24). The van der Waals surface area contributed by atoms with Crippen molar-refractivity contribution in [1.82, 2.24) is 15.0 Å². The number of aryl methyl sites for hydroxylation is 1. The molecule has 1 unspecified atom stereocenters. The topological polar surface area (TPSA) is 106 Å². The Kier molecular flexibility index (Phi) is 6.85. The maximum atomic E-state index is 12.3. The summed E-state index contributed by atoms with van der Waals surface area (Å²) >= 11 is 0. The van der Waals surface area contributed by atoms with Crippen molar-refractivity contribution in [2.45, 2.75) is 39.3 Å². The van der Waals surface area contributed by atoms with Crippen LogP contribution in [-0.4, -0.2) is 45.7 Å². The SMILES string of the molecule is CCOC(C)c1noc(CN(C)C(=O)CCc2ccc(C(=O)O)cc2)n1. The second kappa shape index (κ2) is 9.10. The zero-order valence-electron chi connectivity index (χ0n) is 15.1. The van der Waals surface area contributed by atoms with Gasteiger partial charge in [0.25, 0.3) is 0 Å². The molecular formula is C18H23N3O5. The number of aromatic carboxylic acids is 1. The van der Waals surface area contributed by atoms with Gasteiger partial charge in [-0.15, -0.1) is 0 Å². The Bertz CT molecular complexity index is 742. The molecule has 140 valence electrons. The van der Waals surface area contributed by atoms with Crippen LogP contribution >= 0.6 is 0 Å². The predicted octanol–water partition coefficient (Wildman–Crippen LogP) is 2.46. The van der Waals surface area contributed by atoms with E-state index >= 15 is 0 Å². The molecule has 1 aromatic carbocycles. The van der Waals surface area contributed by atoms with E-state index in [9.17, 15) is 9.59 Å². The van der Waals surface area contributed by atoms with Crippen LogP contribution in [0.15, 0.2) is 28.8 Å². The van der Waals surface area contributed by atoms with Crippen LogP contribution in [0.25, 0.3) is 0 Å². The second-order valence-corrected chi connectivity index (χ2v) is 5.90. The lowest BCUT2D eigenvalue weighted by Crippen LogP contribution is -2.26. The van der Waals surface area contributed by atoms with E-state index < -0.39 is 5.97 Å². The van der Waals surface area contributed by atoms with E-state index in [-0.39, 0.29) is 24.1 Å². The Balaban J connectivity index is 1.84. The van der Waals surface area contributed by atoms with E-state index in [0.29, 0.717) is 31.2 Å². The molecular weight excluding hydrogens is 338 g/mol. The molecule has 1 atom stereocenters. The number of hydrogen-bond donors (Lipinski definition) is 1. The number of rotatable bonds is 9. The molecule has 0 aliphatic rings. The summed E-state index contributed by atoms with van der Waals surface area (Å²) in [5.74, 6) is -0.218. The molecule has 1 heterocycles. The van der Waals surface area contributed by atoms with Crippen molar-refractivity contribution in [2.75, 3.05) is 13.7 Å². The molecule has 0 radical (unpaired) electrons. The molecule has 0 aliphatic carbocycles. The van der Waals surface area contributed by atoms with Crippen molar-refractivity contribution < 1.29 is 24.0 Å². The van der Waals surface area contributed by atoms with Crippen molar-refractivity contribution in [3.63, 3.8) is 0 Å². The fourth-order valence-electron chi connectivity index (χ4n) is 2.37. The van der Waals surface area contributed by atoms with Gasteiger partial charge in [-0.2, -0.15) is 4.98 Å². The predicted molar refractivity (Wildman–Crippen MR) is 92.5 cm³/mol. The van der Waals surface area contributed by atoms with Gasteiger partial charge in [0.1, 0.15) is 6.10 Å². The monoisotopic (exact) mass is 361 g/mol. The largest absolute Gasteiger partial charge is 0.478 e. The number of aromatic nitrogens is 2. The molecule has 2 rings (SSSR count). The number of carboxylic acids is 1. The summed E-state index contributed by atoms with van der Waals surface area (Å²) in [6, 6.07) is 6.50. The van der Waals surface area contributed by atoms with Gasteiger partial charge in [-0.3, -0.25) is 4.79 Å². The molecule has 8 nitrogen and oxygen atoms in total. The number of amides is 1. The normalized spacial score (nSPS) is 12.0. The highest BCUT2D eigenvalue weighted by Gasteiger charge is 2.17. The van der Waals surface area contributed by atoms with E-state index in [2.05, 4.69) is 10.1 Å². The van der Waals surface area contributed by atoms with Gasteiger partial charge in [-0.05, 0) is 38.0 Å². The Labute approximate surface area is 151 Å². The lowest BCUT2D eigenvalue weighted by Gasteiger charge is -2.14. The van der Waals surface area contributed by atoms with Crippen LogP contribution < -0.4 is 0 Å². The number of carbonyl (C=O) groups excluding carboxylic acids is 1. The summed E-state index contributed by atoms with van der Waals surface area (Å²) in [7, 11) is 1.67. The van der Waals surface area contributed by atoms with E-state index in [1.807, 2.05) is 13.8 Å². The average molecular weight is 361 g/mol.